The Morgan fingerprint density at radius 2 is 2.00 bits per heavy atom. The van der Waals surface area contributed by atoms with Crippen molar-refractivity contribution in [2.75, 3.05) is 19.7 Å². The lowest BCUT2D eigenvalue weighted by atomic mass is 9.87. The maximum Gasteiger partial charge on any atom is 0.290 e. The van der Waals surface area contributed by atoms with Gasteiger partial charge in [0.1, 0.15) is 5.75 Å². The van der Waals surface area contributed by atoms with Gasteiger partial charge in [-0.2, -0.15) is 0 Å². The number of ether oxygens (including phenoxy) is 1. The van der Waals surface area contributed by atoms with Gasteiger partial charge in [0.15, 0.2) is 12.4 Å². The van der Waals surface area contributed by atoms with Crippen LogP contribution < -0.4 is 10.1 Å². The minimum absolute atomic E-state index is 0.0856. The van der Waals surface area contributed by atoms with Crippen LogP contribution in [0.3, 0.4) is 0 Å². The summed E-state index contributed by atoms with van der Waals surface area (Å²) in [6.45, 7) is 4.47. The van der Waals surface area contributed by atoms with Gasteiger partial charge >= 0.3 is 0 Å². The molecule has 158 valence electrons. The number of hydrogen-bond donors (Lipinski definition) is 1. The van der Waals surface area contributed by atoms with Crippen LogP contribution in [0.1, 0.15) is 33.3 Å². The molecule has 0 saturated carbocycles. The smallest absolute Gasteiger partial charge is 0.290 e. The summed E-state index contributed by atoms with van der Waals surface area (Å²) in [5.41, 5.74) is 3.14. The van der Waals surface area contributed by atoms with E-state index in [2.05, 4.69) is 11.9 Å². The predicted molar refractivity (Wildman–Crippen MR) is 117 cm³/mol. The lowest BCUT2D eigenvalue weighted by Crippen LogP contribution is -2.40. The Morgan fingerprint density at radius 1 is 1.16 bits per heavy atom. The van der Waals surface area contributed by atoms with Crippen LogP contribution in [0.2, 0.25) is 0 Å². The predicted octanol–water partition coefficient (Wildman–Crippen LogP) is 3.75. The van der Waals surface area contributed by atoms with Crippen molar-refractivity contribution in [2.45, 2.75) is 12.5 Å². The molecule has 0 aliphatic carbocycles. The monoisotopic (exact) mass is 416 g/mol. The molecule has 31 heavy (non-hydrogen) atoms. The number of carbonyl (C=O) groups excluding carboxylic acids is 2. The van der Waals surface area contributed by atoms with E-state index in [1.165, 1.54) is 6.26 Å². The number of hydrogen-bond acceptors (Lipinski definition) is 4. The second kappa shape index (κ2) is 9.34. The minimum atomic E-state index is -0.277. The topological polar surface area (TPSA) is 71.8 Å². The Hall–Kier alpha value is -3.80. The third-order valence-electron chi connectivity index (χ3n) is 5.27. The lowest BCUT2D eigenvalue weighted by molar-refractivity contribution is -0.122. The number of nitrogens with one attached hydrogen (secondary N) is 1. The second-order valence-electron chi connectivity index (χ2n) is 7.28. The van der Waals surface area contributed by atoms with E-state index in [1.807, 2.05) is 53.4 Å². The zero-order chi connectivity index (χ0) is 21.6. The molecule has 1 aliphatic rings. The van der Waals surface area contributed by atoms with Gasteiger partial charge < -0.3 is 19.4 Å². The molecule has 0 unspecified atom stereocenters. The summed E-state index contributed by atoms with van der Waals surface area (Å²) in [6, 6.07) is 18.8. The van der Waals surface area contributed by atoms with E-state index >= 15 is 0 Å². The van der Waals surface area contributed by atoms with Crippen LogP contribution in [0.25, 0.3) is 0 Å². The molecule has 2 amide bonds. The number of fused-ring (bicyclic) bond motifs is 1. The Kier molecular flexibility index (Phi) is 6.17. The molecule has 2 aromatic carbocycles. The van der Waals surface area contributed by atoms with Crippen molar-refractivity contribution in [2.24, 2.45) is 0 Å². The molecule has 6 heteroatoms. The fraction of sp³-hybridized carbons (Fsp3) is 0.200. The average Bonchev–Trinajstić information content (AvgIpc) is 3.35. The lowest BCUT2D eigenvalue weighted by Gasteiger charge is -2.37. The summed E-state index contributed by atoms with van der Waals surface area (Å²) in [7, 11) is 0. The van der Waals surface area contributed by atoms with Gasteiger partial charge in [0, 0.05) is 13.1 Å². The van der Waals surface area contributed by atoms with Crippen molar-refractivity contribution in [1.82, 2.24) is 10.2 Å². The molecule has 1 N–H and O–H groups in total. The maximum atomic E-state index is 13.2. The number of nitrogens with zero attached hydrogens (tertiary/aromatic N) is 1. The Morgan fingerprint density at radius 3 is 2.74 bits per heavy atom. The van der Waals surface area contributed by atoms with Gasteiger partial charge in [-0.05, 0) is 47.4 Å². The molecular weight excluding hydrogens is 392 g/mol. The van der Waals surface area contributed by atoms with E-state index in [-0.39, 0.29) is 24.5 Å². The number of amides is 2. The third-order valence-corrected chi connectivity index (χ3v) is 5.27. The summed E-state index contributed by atoms with van der Waals surface area (Å²) >= 11 is 0. The van der Waals surface area contributed by atoms with Crippen LogP contribution >= 0.6 is 0 Å². The van der Waals surface area contributed by atoms with Gasteiger partial charge in [-0.15, -0.1) is 6.58 Å². The Bertz CT molecular complexity index is 1060. The van der Waals surface area contributed by atoms with Crippen molar-refractivity contribution in [3.05, 3.63) is 102 Å². The van der Waals surface area contributed by atoms with E-state index in [0.717, 1.165) is 23.1 Å². The summed E-state index contributed by atoms with van der Waals surface area (Å²) in [6.07, 6.45) is 3.85. The maximum absolute atomic E-state index is 13.2. The van der Waals surface area contributed by atoms with Crippen LogP contribution in [0.15, 0.2) is 84.0 Å². The van der Waals surface area contributed by atoms with Gasteiger partial charge in [0.05, 0.1) is 12.3 Å². The molecule has 2 heterocycles. The van der Waals surface area contributed by atoms with Gasteiger partial charge in [0.2, 0.25) is 0 Å². The zero-order valence-corrected chi connectivity index (χ0v) is 17.1. The quantitative estimate of drug-likeness (QED) is 0.596. The first-order valence-electron chi connectivity index (χ1n) is 10.2. The van der Waals surface area contributed by atoms with Gasteiger partial charge in [-0.1, -0.05) is 42.5 Å². The molecule has 1 atom stereocenters. The molecule has 0 radical (unpaired) electrons. The SMILES string of the molecule is C=CCNC(=O)COc1ccc2c(c1)[C@H](c1ccccc1)N(C(=O)c1ccco1)CC2. The molecule has 0 spiro atoms. The zero-order valence-electron chi connectivity index (χ0n) is 17.1. The minimum Gasteiger partial charge on any atom is -0.484 e. The number of rotatable bonds is 7. The number of carbonyl (C=O) groups is 2. The fourth-order valence-electron chi connectivity index (χ4n) is 3.82. The van der Waals surface area contributed by atoms with E-state index < -0.39 is 0 Å². The summed E-state index contributed by atoms with van der Waals surface area (Å²) in [5.74, 6) is 0.530. The first-order chi connectivity index (χ1) is 15.2. The van der Waals surface area contributed by atoms with Crippen LogP contribution in [-0.2, 0) is 11.2 Å². The van der Waals surface area contributed by atoms with Gasteiger partial charge in [-0.25, -0.2) is 0 Å². The number of benzene rings is 2. The molecule has 0 bridgehead atoms. The fourth-order valence-corrected chi connectivity index (χ4v) is 3.82. The number of furan rings is 1. The highest BCUT2D eigenvalue weighted by atomic mass is 16.5. The molecule has 3 aromatic rings. The molecular formula is C25H24N2O4. The van der Waals surface area contributed by atoms with Crippen molar-refractivity contribution < 1.29 is 18.7 Å². The van der Waals surface area contributed by atoms with Crippen molar-refractivity contribution in [1.29, 1.82) is 0 Å². The van der Waals surface area contributed by atoms with Crippen molar-refractivity contribution >= 4 is 11.8 Å². The molecule has 0 fully saturated rings. The van der Waals surface area contributed by atoms with E-state index in [4.69, 9.17) is 9.15 Å². The van der Waals surface area contributed by atoms with Crippen LogP contribution in [0.5, 0.6) is 5.75 Å². The standard InChI is InChI=1S/C25H24N2O4/c1-2-13-26-23(28)17-31-20-11-10-18-12-14-27(25(29)22-9-6-15-30-22)24(21(18)16-20)19-7-4-3-5-8-19/h2-11,15-16,24H,1,12-14,17H2,(H,26,28)/t24-/m0/s1. The molecule has 6 nitrogen and oxygen atoms in total. The summed E-state index contributed by atoms with van der Waals surface area (Å²) in [4.78, 5) is 26.9. The molecule has 0 saturated heterocycles. The van der Waals surface area contributed by atoms with Crippen LogP contribution in [-0.4, -0.2) is 36.4 Å². The van der Waals surface area contributed by atoms with Gasteiger partial charge in [0.25, 0.3) is 11.8 Å². The van der Waals surface area contributed by atoms with E-state index in [0.29, 0.717) is 24.6 Å². The second-order valence-corrected chi connectivity index (χ2v) is 7.28. The van der Waals surface area contributed by atoms with Crippen molar-refractivity contribution in [3.63, 3.8) is 0 Å². The third kappa shape index (κ3) is 4.53. The van der Waals surface area contributed by atoms with Crippen LogP contribution in [0, 0.1) is 0 Å². The molecule has 1 aliphatic heterocycles. The summed E-state index contributed by atoms with van der Waals surface area (Å²) in [5, 5.41) is 2.69. The highest BCUT2D eigenvalue weighted by Gasteiger charge is 2.33. The van der Waals surface area contributed by atoms with E-state index in [9.17, 15) is 9.59 Å². The van der Waals surface area contributed by atoms with Crippen molar-refractivity contribution in [3.8, 4) is 5.75 Å². The Balaban J connectivity index is 1.65. The van der Waals surface area contributed by atoms with Crippen LogP contribution in [0.4, 0.5) is 0 Å². The van der Waals surface area contributed by atoms with E-state index in [1.54, 1.807) is 18.2 Å². The largest absolute Gasteiger partial charge is 0.484 e. The molecule has 1 aromatic heterocycles. The first-order valence-corrected chi connectivity index (χ1v) is 10.2. The normalized spacial score (nSPS) is 15.1. The average molecular weight is 416 g/mol. The van der Waals surface area contributed by atoms with Gasteiger partial charge in [-0.3, -0.25) is 9.59 Å². The highest BCUT2D eigenvalue weighted by Crippen LogP contribution is 2.38. The summed E-state index contributed by atoms with van der Waals surface area (Å²) < 4.78 is 11.1. The Labute approximate surface area is 181 Å². The highest BCUT2D eigenvalue weighted by molar-refractivity contribution is 5.92. The first kappa shape index (κ1) is 20.5. The molecule has 4 rings (SSSR count).